The Kier molecular flexibility index (Phi) is 4.33. The first-order valence-corrected chi connectivity index (χ1v) is 8.26. The molecule has 0 aromatic carbocycles. The van der Waals surface area contributed by atoms with Gasteiger partial charge in [-0.3, -0.25) is 0 Å². The highest BCUT2D eigenvalue weighted by Gasteiger charge is 2.14. The summed E-state index contributed by atoms with van der Waals surface area (Å²) in [5.74, 6) is 1.62. The average Bonchev–Trinajstić information content (AvgIpc) is 3.16. The second-order valence-corrected chi connectivity index (χ2v) is 6.43. The number of fused-ring (bicyclic) bond motifs is 1. The quantitative estimate of drug-likeness (QED) is 0.779. The zero-order chi connectivity index (χ0) is 16.4. The van der Waals surface area contributed by atoms with E-state index in [1.54, 1.807) is 9.42 Å². The molecule has 1 N–H and O–H groups in total. The molecule has 3 aromatic rings. The summed E-state index contributed by atoms with van der Waals surface area (Å²) in [5, 5.41) is 8.16. The summed E-state index contributed by atoms with van der Waals surface area (Å²) >= 11 is 1.53. The molecule has 0 fully saturated rings. The molecule has 0 aliphatic heterocycles. The lowest BCUT2D eigenvalue weighted by Crippen LogP contribution is -2.39. The second-order valence-electron chi connectivity index (χ2n) is 5.27. The molecule has 0 unspecified atom stereocenters. The minimum absolute atomic E-state index is 0.137. The average molecular weight is 333 g/mol. The number of urea groups is 1. The van der Waals surface area contributed by atoms with Crippen LogP contribution < -0.4 is 5.32 Å². The van der Waals surface area contributed by atoms with Gasteiger partial charge < -0.3 is 14.6 Å². The van der Waals surface area contributed by atoms with Crippen molar-refractivity contribution in [2.75, 3.05) is 6.54 Å². The number of hydrogen-bond donors (Lipinski definition) is 1. The fraction of sp³-hybridized carbons (Fsp3) is 0.400. The maximum atomic E-state index is 12.3. The summed E-state index contributed by atoms with van der Waals surface area (Å²) in [5.41, 5.74) is 0.794. The van der Waals surface area contributed by atoms with Gasteiger partial charge >= 0.3 is 6.03 Å². The van der Waals surface area contributed by atoms with E-state index in [1.807, 2.05) is 39.1 Å². The van der Waals surface area contributed by atoms with E-state index in [9.17, 15) is 4.79 Å². The molecule has 3 heterocycles. The van der Waals surface area contributed by atoms with Gasteiger partial charge in [0, 0.05) is 6.54 Å². The van der Waals surface area contributed by atoms with E-state index in [2.05, 4.69) is 15.4 Å². The van der Waals surface area contributed by atoms with Crippen LogP contribution >= 0.6 is 11.3 Å². The first-order chi connectivity index (χ1) is 11.0. The first-order valence-electron chi connectivity index (χ1n) is 7.45. The van der Waals surface area contributed by atoms with Crippen molar-refractivity contribution in [2.24, 2.45) is 0 Å². The Labute approximate surface area is 137 Å². The highest BCUT2D eigenvalue weighted by molar-refractivity contribution is 7.16. The van der Waals surface area contributed by atoms with Crippen LogP contribution in [0.1, 0.15) is 29.1 Å². The molecular weight excluding hydrogens is 314 g/mol. The number of imidazole rings is 1. The fourth-order valence-corrected chi connectivity index (χ4v) is 3.04. The largest absolute Gasteiger partial charge is 0.464 e. The first kappa shape index (κ1) is 15.5. The van der Waals surface area contributed by atoms with E-state index < -0.39 is 0 Å². The zero-order valence-electron chi connectivity index (χ0n) is 13.4. The third-order valence-corrected chi connectivity index (χ3v) is 4.26. The van der Waals surface area contributed by atoms with E-state index in [-0.39, 0.29) is 6.03 Å². The molecule has 0 atom stereocenters. The van der Waals surface area contributed by atoms with Crippen molar-refractivity contribution in [3.05, 3.63) is 40.6 Å². The van der Waals surface area contributed by atoms with Crippen LogP contribution in [-0.4, -0.2) is 32.1 Å². The van der Waals surface area contributed by atoms with Crippen molar-refractivity contribution in [2.45, 2.75) is 33.9 Å². The molecule has 0 spiro atoms. The van der Waals surface area contributed by atoms with E-state index in [1.165, 1.54) is 11.3 Å². The van der Waals surface area contributed by atoms with Crippen molar-refractivity contribution in [3.8, 4) is 0 Å². The standard InChI is InChI=1S/C15H19N5O2S/c1-4-19(9-13-6-5-10(2)22-13)14(21)16-7-12-8-20-15(17-12)23-11(3)18-20/h5-6,8H,4,7,9H2,1-3H3,(H,16,21). The van der Waals surface area contributed by atoms with Crippen molar-refractivity contribution in [3.63, 3.8) is 0 Å². The Hall–Kier alpha value is -2.35. The molecule has 23 heavy (non-hydrogen) atoms. The number of amides is 2. The molecule has 0 bridgehead atoms. The van der Waals surface area contributed by atoms with Crippen LogP contribution in [0.4, 0.5) is 4.79 Å². The smallest absolute Gasteiger partial charge is 0.318 e. The predicted octanol–water partition coefficient (Wildman–Crippen LogP) is 2.73. The van der Waals surface area contributed by atoms with Crippen LogP contribution in [0.3, 0.4) is 0 Å². The van der Waals surface area contributed by atoms with E-state index in [0.717, 1.165) is 27.2 Å². The maximum absolute atomic E-state index is 12.3. The molecule has 0 saturated carbocycles. The van der Waals surface area contributed by atoms with Gasteiger partial charge in [-0.1, -0.05) is 11.3 Å². The minimum atomic E-state index is -0.137. The number of hydrogen-bond acceptors (Lipinski definition) is 5. The van der Waals surface area contributed by atoms with Gasteiger partial charge in [-0.15, -0.1) is 0 Å². The van der Waals surface area contributed by atoms with Gasteiger partial charge in [0.2, 0.25) is 4.96 Å². The van der Waals surface area contributed by atoms with Crippen molar-refractivity contribution in [1.82, 2.24) is 24.8 Å². The third-order valence-electron chi connectivity index (χ3n) is 3.43. The number of nitrogens with zero attached hydrogens (tertiary/aromatic N) is 4. The van der Waals surface area contributed by atoms with Crippen molar-refractivity contribution in [1.29, 1.82) is 0 Å². The molecule has 7 nitrogen and oxygen atoms in total. The lowest BCUT2D eigenvalue weighted by molar-refractivity contribution is 0.192. The Balaban J connectivity index is 1.59. The summed E-state index contributed by atoms with van der Waals surface area (Å²) < 4.78 is 7.27. The normalized spacial score (nSPS) is 11.1. The van der Waals surface area contributed by atoms with Gasteiger partial charge in [-0.25, -0.2) is 14.3 Å². The van der Waals surface area contributed by atoms with Gasteiger partial charge in [0.1, 0.15) is 16.5 Å². The Morgan fingerprint density at radius 1 is 1.43 bits per heavy atom. The van der Waals surface area contributed by atoms with Gasteiger partial charge in [-0.05, 0) is 32.9 Å². The highest BCUT2D eigenvalue weighted by Crippen LogP contribution is 2.13. The topological polar surface area (TPSA) is 75.7 Å². The van der Waals surface area contributed by atoms with Crippen LogP contribution in [0.25, 0.3) is 4.96 Å². The SMILES string of the molecule is CCN(Cc1ccc(C)o1)C(=O)NCc1cn2nc(C)sc2n1. The lowest BCUT2D eigenvalue weighted by Gasteiger charge is -2.19. The molecule has 122 valence electrons. The van der Waals surface area contributed by atoms with E-state index >= 15 is 0 Å². The second kappa shape index (κ2) is 6.41. The van der Waals surface area contributed by atoms with Crippen molar-refractivity contribution >= 4 is 22.3 Å². The van der Waals surface area contributed by atoms with Gasteiger partial charge in [-0.2, -0.15) is 5.10 Å². The minimum Gasteiger partial charge on any atom is -0.464 e. The summed E-state index contributed by atoms with van der Waals surface area (Å²) in [4.78, 5) is 19.3. The molecule has 0 aliphatic carbocycles. The lowest BCUT2D eigenvalue weighted by atomic mass is 10.4. The monoisotopic (exact) mass is 333 g/mol. The maximum Gasteiger partial charge on any atom is 0.318 e. The fourth-order valence-electron chi connectivity index (χ4n) is 2.29. The number of aryl methyl sites for hydroxylation is 2. The molecule has 0 aliphatic rings. The van der Waals surface area contributed by atoms with Crippen LogP contribution in [0.15, 0.2) is 22.7 Å². The number of aromatic nitrogens is 3. The van der Waals surface area contributed by atoms with Crippen LogP contribution in [0.2, 0.25) is 0 Å². The van der Waals surface area contributed by atoms with Gasteiger partial charge in [0.25, 0.3) is 0 Å². The number of furan rings is 1. The summed E-state index contributed by atoms with van der Waals surface area (Å²) in [6.45, 7) is 7.20. The molecular formula is C15H19N5O2S. The summed E-state index contributed by atoms with van der Waals surface area (Å²) in [6, 6.07) is 3.65. The van der Waals surface area contributed by atoms with E-state index in [4.69, 9.17) is 4.42 Å². The zero-order valence-corrected chi connectivity index (χ0v) is 14.2. The highest BCUT2D eigenvalue weighted by atomic mass is 32.1. The molecule has 3 aromatic heterocycles. The van der Waals surface area contributed by atoms with Crippen molar-refractivity contribution < 1.29 is 9.21 Å². The number of rotatable bonds is 5. The van der Waals surface area contributed by atoms with Crippen LogP contribution in [-0.2, 0) is 13.1 Å². The third kappa shape index (κ3) is 3.53. The van der Waals surface area contributed by atoms with Gasteiger partial charge in [0.05, 0.1) is 25.0 Å². The molecule has 0 radical (unpaired) electrons. The Morgan fingerprint density at radius 2 is 2.26 bits per heavy atom. The number of nitrogens with one attached hydrogen (secondary N) is 1. The Bertz CT molecular complexity index is 787. The summed E-state index contributed by atoms with van der Waals surface area (Å²) in [7, 11) is 0. The number of carbonyl (C=O) groups is 1. The molecule has 3 rings (SSSR count). The summed E-state index contributed by atoms with van der Waals surface area (Å²) in [6.07, 6.45) is 1.84. The van der Waals surface area contributed by atoms with Gasteiger partial charge in [0.15, 0.2) is 0 Å². The number of carbonyl (C=O) groups excluding carboxylic acids is 1. The van der Waals surface area contributed by atoms with E-state index in [0.29, 0.717) is 19.6 Å². The van der Waals surface area contributed by atoms with Crippen LogP contribution in [0, 0.1) is 13.8 Å². The predicted molar refractivity (Wildman–Crippen MR) is 87.4 cm³/mol. The van der Waals surface area contributed by atoms with Crippen LogP contribution in [0.5, 0.6) is 0 Å². The Morgan fingerprint density at radius 3 is 2.91 bits per heavy atom. The molecule has 8 heteroatoms. The molecule has 2 amide bonds. The molecule has 0 saturated heterocycles.